The third kappa shape index (κ3) is 3.88. The summed E-state index contributed by atoms with van der Waals surface area (Å²) in [6.45, 7) is 3.28. The molecule has 3 saturated heterocycles. The largest absolute Gasteiger partial charge is 0.382 e. The maximum atomic E-state index is 13.4. The van der Waals surface area contributed by atoms with Crippen molar-refractivity contribution in [3.8, 4) is 0 Å². The second kappa shape index (κ2) is 8.45. The van der Waals surface area contributed by atoms with E-state index in [-0.39, 0.29) is 40.7 Å². The number of alkyl halides is 1. The maximum absolute atomic E-state index is 13.4. The van der Waals surface area contributed by atoms with Crippen molar-refractivity contribution >= 4 is 23.4 Å². The highest BCUT2D eigenvalue weighted by Gasteiger charge is 2.53. The highest BCUT2D eigenvalue weighted by molar-refractivity contribution is 6.20. The summed E-state index contributed by atoms with van der Waals surface area (Å²) in [5.41, 5.74) is 3.27. The molecule has 31 heavy (non-hydrogen) atoms. The van der Waals surface area contributed by atoms with Gasteiger partial charge in [0.15, 0.2) is 0 Å². The standard InChI is InChI=1S/C22H36ClN5O3/c1-26(22(6-7-22)13-31-2)20(29)15-11-24-28-9-8-27(12-19(15)28)21(30)18-10-14-16(23)4-3-5-17(14)25-18/h14-19,24-25H,3-13H2,1-2H3. The van der Waals surface area contributed by atoms with Crippen LogP contribution >= 0.6 is 11.6 Å². The molecular formula is C22H36ClN5O3. The molecule has 8 nitrogen and oxygen atoms in total. The van der Waals surface area contributed by atoms with Gasteiger partial charge in [-0.25, -0.2) is 5.01 Å². The lowest BCUT2D eigenvalue weighted by Crippen LogP contribution is -2.60. The fraction of sp³-hybridized carbons (Fsp3) is 0.909. The number of rotatable bonds is 5. The van der Waals surface area contributed by atoms with Crippen molar-refractivity contribution in [3.05, 3.63) is 0 Å². The zero-order valence-electron chi connectivity index (χ0n) is 18.7. The smallest absolute Gasteiger partial charge is 0.239 e. The van der Waals surface area contributed by atoms with E-state index in [1.54, 1.807) is 7.11 Å². The van der Waals surface area contributed by atoms with Crippen LogP contribution in [0.15, 0.2) is 0 Å². The lowest BCUT2D eigenvalue weighted by Gasteiger charge is -2.40. The van der Waals surface area contributed by atoms with Crippen LogP contribution in [0.2, 0.25) is 0 Å². The minimum Gasteiger partial charge on any atom is -0.382 e. The number of nitrogens with zero attached hydrogens (tertiary/aromatic N) is 3. The second-order valence-electron chi connectivity index (χ2n) is 10.2. The summed E-state index contributed by atoms with van der Waals surface area (Å²) in [7, 11) is 3.61. The highest BCUT2D eigenvalue weighted by atomic mass is 35.5. The first-order valence-corrected chi connectivity index (χ1v) is 12.3. The van der Waals surface area contributed by atoms with E-state index in [1.807, 2.05) is 16.8 Å². The highest BCUT2D eigenvalue weighted by Crippen LogP contribution is 2.42. The Morgan fingerprint density at radius 1 is 1.26 bits per heavy atom. The first-order valence-electron chi connectivity index (χ1n) is 11.9. The first-order chi connectivity index (χ1) is 14.9. The summed E-state index contributed by atoms with van der Waals surface area (Å²) in [5, 5.41) is 5.93. The minimum absolute atomic E-state index is 0.0236. The van der Waals surface area contributed by atoms with Crippen molar-refractivity contribution in [1.82, 2.24) is 25.6 Å². The fourth-order valence-electron chi connectivity index (χ4n) is 6.35. The zero-order chi connectivity index (χ0) is 21.8. The molecule has 3 aliphatic heterocycles. The molecule has 2 amide bonds. The summed E-state index contributed by atoms with van der Waals surface area (Å²) in [5.74, 6) is 0.611. The molecule has 2 saturated carbocycles. The van der Waals surface area contributed by atoms with Gasteiger partial charge in [0.2, 0.25) is 11.8 Å². The maximum Gasteiger partial charge on any atom is 0.239 e. The van der Waals surface area contributed by atoms with Crippen LogP contribution in [0.5, 0.6) is 0 Å². The van der Waals surface area contributed by atoms with Crippen LogP contribution in [0, 0.1) is 11.8 Å². The molecule has 5 fully saturated rings. The van der Waals surface area contributed by atoms with Crippen LogP contribution in [-0.2, 0) is 14.3 Å². The zero-order valence-corrected chi connectivity index (χ0v) is 19.4. The Hall–Kier alpha value is -0.930. The van der Waals surface area contributed by atoms with E-state index in [2.05, 4.69) is 15.8 Å². The van der Waals surface area contributed by atoms with Crippen molar-refractivity contribution < 1.29 is 14.3 Å². The van der Waals surface area contributed by atoms with Crippen LogP contribution in [0.3, 0.4) is 0 Å². The Morgan fingerprint density at radius 2 is 2.06 bits per heavy atom. The number of hydrogen-bond acceptors (Lipinski definition) is 6. The summed E-state index contributed by atoms with van der Waals surface area (Å²) in [6, 6.07) is 0.261. The number of hydrazine groups is 1. The molecule has 0 spiro atoms. The average molecular weight is 454 g/mol. The van der Waals surface area contributed by atoms with Gasteiger partial charge in [0, 0.05) is 51.8 Å². The fourth-order valence-corrected chi connectivity index (χ4v) is 6.78. The molecule has 6 unspecified atom stereocenters. The minimum atomic E-state index is -0.138. The number of hydrogen-bond donors (Lipinski definition) is 2. The van der Waals surface area contributed by atoms with E-state index in [0.717, 1.165) is 45.1 Å². The molecule has 0 radical (unpaired) electrons. The molecular weight excluding hydrogens is 418 g/mol. The lowest BCUT2D eigenvalue weighted by atomic mass is 9.84. The number of carbonyl (C=O) groups is 2. The van der Waals surface area contributed by atoms with Gasteiger partial charge in [-0.05, 0) is 38.0 Å². The quantitative estimate of drug-likeness (QED) is 0.587. The molecule has 2 N–H and O–H groups in total. The first kappa shape index (κ1) is 21.9. The van der Waals surface area contributed by atoms with E-state index in [4.69, 9.17) is 16.3 Å². The van der Waals surface area contributed by atoms with Crippen molar-refractivity contribution in [1.29, 1.82) is 0 Å². The molecule has 9 heteroatoms. The molecule has 5 aliphatic rings. The van der Waals surface area contributed by atoms with Crippen LogP contribution in [0.1, 0.15) is 38.5 Å². The normalized spacial score (nSPS) is 39.1. The summed E-state index contributed by atoms with van der Waals surface area (Å²) < 4.78 is 5.37. The van der Waals surface area contributed by atoms with Gasteiger partial charge in [0.05, 0.1) is 30.1 Å². The molecule has 6 atom stereocenters. The lowest BCUT2D eigenvalue weighted by molar-refractivity contribution is -0.142. The van der Waals surface area contributed by atoms with Crippen molar-refractivity contribution in [3.63, 3.8) is 0 Å². The Labute approximate surface area is 189 Å². The van der Waals surface area contributed by atoms with E-state index in [0.29, 0.717) is 38.2 Å². The number of fused-ring (bicyclic) bond motifs is 2. The second-order valence-corrected chi connectivity index (χ2v) is 10.8. The molecule has 2 aliphatic carbocycles. The van der Waals surface area contributed by atoms with Gasteiger partial charge in [-0.1, -0.05) is 6.42 Å². The Morgan fingerprint density at radius 3 is 2.77 bits per heavy atom. The van der Waals surface area contributed by atoms with Gasteiger partial charge >= 0.3 is 0 Å². The average Bonchev–Trinajstić information content (AvgIpc) is 3.23. The number of carbonyl (C=O) groups excluding carboxylic acids is 2. The number of likely N-dealkylation sites (N-methyl/N-ethyl adjacent to an activating group) is 1. The van der Waals surface area contributed by atoms with E-state index >= 15 is 0 Å². The van der Waals surface area contributed by atoms with Crippen molar-refractivity contribution in [2.75, 3.05) is 46.9 Å². The van der Waals surface area contributed by atoms with Gasteiger partial charge in [0.1, 0.15) is 0 Å². The number of nitrogens with one attached hydrogen (secondary N) is 2. The summed E-state index contributed by atoms with van der Waals surface area (Å²) in [6.07, 6.45) is 6.14. The molecule has 3 heterocycles. The van der Waals surface area contributed by atoms with Crippen LogP contribution < -0.4 is 10.7 Å². The van der Waals surface area contributed by atoms with Gasteiger partial charge < -0.3 is 19.9 Å². The molecule has 0 aromatic carbocycles. The van der Waals surface area contributed by atoms with E-state index < -0.39 is 0 Å². The molecule has 0 bridgehead atoms. The van der Waals surface area contributed by atoms with Crippen LogP contribution in [-0.4, -0.2) is 103 Å². The predicted molar refractivity (Wildman–Crippen MR) is 117 cm³/mol. The Bertz CT molecular complexity index is 719. The summed E-state index contributed by atoms with van der Waals surface area (Å²) >= 11 is 6.56. The van der Waals surface area contributed by atoms with Gasteiger partial charge in [-0.2, -0.15) is 0 Å². The predicted octanol–water partition coefficient (Wildman–Crippen LogP) is 0.409. The van der Waals surface area contributed by atoms with Crippen molar-refractivity contribution in [2.45, 2.75) is 67.6 Å². The topological polar surface area (TPSA) is 77.2 Å². The number of ether oxygens (including phenoxy) is 1. The number of amides is 2. The monoisotopic (exact) mass is 453 g/mol. The van der Waals surface area contributed by atoms with Crippen LogP contribution in [0.4, 0.5) is 0 Å². The third-order valence-corrected chi connectivity index (χ3v) is 9.05. The Kier molecular flexibility index (Phi) is 5.97. The van der Waals surface area contributed by atoms with E-state index in [1.165, 1.54) is 0 Å². The SMILES string of the molecule is COCC1(N(C)C(=O)C2CNN3CCN(C(=O)C4CC5C(Cl)CCCC5N4)CC23)CC1. The van der Waals surface area contributed by atoms with Crippen LogP contribution in [0.25, 0.3) is 0 Å². The molecule has 0 aromatic rings. The summed E-state index contributed by atoms with van der Waals surface area (Å²) in [4.78, 5) is 30.6. The number of halogens is 1. The van der Waals surface area contributed by atoms with Gasteiger partial charge in [0.25, 0.3) is 0 Å². The Balaban J connectivity index is 1.23. The van der Waals surface area contributed by atoms with E-state index in [9.17, 15) is 9.59 Å². The van der Waals surface area contributed by atoms with Crippen molar-refractivity contribution in [2.24, 2.45) is 11.8 Å². The number of methoxy groups -OCH3 is 1. The molecule has 0 aromatic heterocycles. The van der Waals surface area contributed by atoms with Gasteiger partial charge in [-0.15, -0.1) is 11.6 Å². The molecule has 174 valence electrons. The molecule has 5 rings (SSSR count). The third-order valence-electron chi connectivity index (χ3n) is 8.51. The van der Waals surface area contributed by atoms with Gasteiger partial charge in [-0.3, -0.25) is 15.0 Å². The number of piperazine rings is 1.